The maximum Gasteiger partial charge on any atom is 1.00 e. The number of tetrazole rings is 1. The molecule has 0 amide bonds. The fourth-order valence-electron chi connectivity index (χ4n) is 0.129. The van der Waals surface area contributed by atoms with E-state index < -0.39 is 0 Å². The minimum Gasteiger partial charge on any atom is -0.177 e. The molecule has 1 rings (SSSR count). The Morgan fingerprint density at radius 1 is 1.50 bits per heavy atom. The molecule has 0 radical (unpaired) electrons. The standard InChI is InChI=1S/CH2N4.Ag/c1-2-4-5-3-1;/h1H,(H,2,3,4,5);/q;+1. The summed E-state index contributed by atoms with van der Waals surface area (Å²) in [6.45, 7) is 0. The quantitative estimate of drug-likeness (QED) is 0.529. The predicted octanol–water partition coefficient (Wildman–Crippen LogP) is -0.803. The van der Waals surface area contributed by atoms with Gasteiger partial charge in [0.1, 0.15) is 0 Å². The zero-order valence-electron chi connectivity index (χ0n) is 2.72. The van der Waals surface area contributed by atoms with Gasteiger partial charge in [0.15, 0.2) is 6.33 Å². The molecule has 0 aromatic carbocycles. The first-order valence-corrected chi connectivity index (χ1v) is 1.16. The van der Waals surface area contributed by atoms with Crippen LogP contribution in [0.2, 0.25) is 0 Å². The minimum absolute atomic E-state index is 0. The summed E-state index contributed by atoms with van der Waals surface area (Å²) < 4.78 is 0. The first kappa shape index (κ1) is 5.81. The molecule has 0 saturated heterocycles. The van der Waals surface area contributed by atoms with Gasteiger partial charge in [-0.2, -0.15) is 5.21 Å². The molecule has 36 valence electrons. The molecule has 0 aliphatic heterocycles. The summed E-state index contributed by atoms with van der Waals surface area (Å²) >= 11 is 0. The van der Waals surface area contributed by atoms with Crippen molar-refractivity contribution in [3.8, 4) is 0 Å². The van der Waals surface area contributed by atoms with Crippen LogP contribution in [0.3, 0.4) is 0 Å². The molecule has 0 bridgehead atoms. The van der Waals surface area contributed by atoms with Crippen LogP contribution in [0.25, 0.3) is 0 Å². The van der Waals surface area contributed by atoms with Crippen molar-refractivity contribution in [3.63, 3.8) is 0 Å². The van der Waals surface area contributed by atoms with Crippen LogP contribution in [0, 0.1) is 0 Å². The fraction of sp³-hybridized carbons (Fsp3) is 0. The van der Waals surface area contributed by atoms with E-state index in [1.54, 1.807) is 0 Å². The average molecular weight is 178 g/mol. The molecular formula is CH2AgN4+. The van der Waals surface area contributed by atoms with Crippen molar-refractivity contribution in [1.29, 1.82) is 0 Å². The Morgan fingerprint density at radius 2 is 2.33 bits per heavy atom. The van der Waals surface area contributed by atoms with E-state index in [0.29, 0.717) is 0 Å². The van der Waals surface area contributed by atoms with Crippen molar-refractivity contribution in [3.05, 3.63) is 6.33 Å². The van der Waals surface area contributed by atoms with Gasteiger partial charge < -0.3 is 0 Å². The Hall–Kier alpha value is -0.190. The Labute approximate surface area is 49.8 Å². The normalized spacial score (nSPS) is 6.67. The summed E-state index contributed by atoms with van der Waals surface area (Å²) in [4.78, 5) is 0. The molecule has 1 N–H and O–H groups in total. The molecule has 0 fully saturated rings. The molecular weight excluding hydrogens is 176 g/mol. The van der Waals surface area contributed by atoms with Crippen LogP contribution in [-0.4, -0.2) is 20.6 Å². The van der Waals surface area contributed by atoms with Gasteiger partial charge in [-0.15, -0.1) is 10.2 Å². The van der Waals surface area contributed by atoms with E-state index >= 15 is 0 Å². The van der Waals surface area contributed by atoms with Crippen molar-refractivity contribution < 1.29 is 22.4 Å². The second-order valence-electron chi connectivity index (χ2n) is 0.560. The van der Waals surface area contributed by atoms with E-state index in [4.69, 9.17) is 0 Å². The molecule has 0 spiro atoms. The Morgan fingerprint density at radius 3 is 2.50 bits per heavy atom. The van der Waals surface area contributed by atoms with E-state index in [1.165, 1.54) is 6.33 Å². The van der Waals surface area contributed by atoms with Gasteiger partial charge in [0.25, 0.3) is 0 Å². The number of hydrogen-bond donors (Lipinski definition) is 1. The second kappa shape index (κ2) is 3.02. The smallest absolute Gasteiger partial charge is 0.177 e. The molecule has 4 nitrogen and oxygen atoms in total. The van der Waals surface area contributed by atoms with Gasteiger partial charge in [-0.1, -0.05) is 5.21 Å². The molecule has 0 unspecified atom stereocenters. The maximum atomic E-state index is 3.38. The van der Waals surface area contributed by atoms with Crippen LogP contribution >= 0.6 is 0 Å². The number of rotatable bonds is 0. The van der Waals surface area contributed by atoms with Crippen LogP contribution in [0.5, 0.6) is 0 Å². The van der Waals surface area contributed by atoms with E-state index in [0.717, 1.165) is 0 Å². The molecule has 0 saturated carbocycles. The zero-order valence-corrected chi connectivity index (χ0v) is 4.20. The fourth-order valence-corrected chi connectivity index (χ4v) is 0.129. The van der Waals surface area contributed by atoms with Gasteiger partial charge in [-0.3, -0.25) is 0 Å². The monoisotopic (exact) mass is 177 g/mol. The summed E-state index contributed by atoms with van der Waals surface area (Å²) in [5.41, 5.74) is 0. The van der Waals surface area contributed by atoms with Crippen LogP contribution in [-0.2, 0) is 22.4 Å². The summed E-state index contributed by atoms with van der Waals surface area (Å²) in [6.07, 6.45) is 1.33. The summed E-state index contributed by atoms with van der Waals surface area (Å²) in [6, 6.07) is 0. The molecule has 0 atom stereocenters. The van der Waals surface area contributed by atoms with E-state index in [-0.39, 0.29) is 22.4 Å². The largest absolute Gasteiger partial charge is 1.00 e. The average Bonchev–Trinajstić information content (AvgIpc) is 1.76. The molecule has 5 heteroatoms. The number of nitrogens with zero attached hydrogens (tertiary/aromatic N) is 3. The number of nitrogens with one attached hydrogen (secondary N) is 1. The van der Waals surface area contributed by atoms with Crippen LogP contribution in [0.1, 0.15) is 0 Å². The number of aromatic nitrogens is 4. The number of aromatic amines is 1. The number of hydrogen-bond acceptors (Lipinski definition) is 3. The van der Waals surface area contributed by atoms with Crippen molar-refractivity contribution in [2.75, 3.05) is 0 Å². The first-order valence-electron chi connectivity index (χ1n) is 1.16. The molecule has 1 heterocycles. The van der Waals surface area contributed by atoms with Gasteiger partial charge in [0, 0.05) is 0 Å². The summed E-state index contributed by atoms with van der Waals surface area (Å²) in [7, 11) is 0. The predicted molar refractivity (Wildman–Crippen MR) is 14.2 cm³/mol. The molecule has 6 heavy (non-hydrogen) atoms. The molecule has 0 aliphatic rings. The summed E-state index contributed by atoms with van der Waals surface area (Å²) in [5.74, 6) is 0. The van der Waals surface area contributed by atoms with Gasteiger partial charge in [0.2, 0.25) is 0 Å². The number of H-pyrrole nitrogens is 1. The Kier molecular flexibility index (Phi) is 2.92. The Balaban J connectivity index is 0.000000250. The van der Waals surface area contributed by atoms with E-state index in [9.17, 15) is 0 Å². The molecule has 1 aromatic heterocycles. The topological polar surface area (TPSA) is 54.5 Å². The van der Waals surface area contributed by atoms with Crippen molar-refractivity contribution in [2.45, 2.75) is 0 Å². The molecule has 0 aliphatic carbocycles. The van der Waals surface area contributed by atoms with Crippen LogP contribution < -0.4 is 0 Å². The Bertz CT molecular complexity index is 64.0. The van der Waals surface area contributed by atoms with E-state index in [2.05, 4.69) is 20.6 Å². The van der Waals surface area contributed by atoms with Crippen molar-refractivity contribution in [1.82, 2.24) is 20.6 Å². The third kappa shape index (κ3) is 1.30. The third-order valence-corrected chi connectivity index (χ3v) is 0.270. The van der Waals surface area contributed by atoms with E-state index in [1.807, 2.05) is 0 Å². The van der Waals surface area contributed by atoms with Crippen molar-refractivity contribution in [2.24, 2.45) is 0 Å². The first-order chi connectivity index (χ1) is 2.50. The van der Waals surface area contributed by atoms with Gasteiger partial charge >= 0.3 is 22.4 Å². The van der Waals surface area contributed by atoms with Crippen LogP contribution in [0.15, 0.2) is 6.33 Å². The molecule has 1 aromatic rings. The van der Waals surface area contributed by atoms with Gasteiger partial charge in [-0.25, -0.2) is 0 Å². The third-order valence-electron chi connectivity index (χ3n) is 0.270. The second-order valence-corrected chi connectivity index (χ2v) is 0.560. The zero-order chi connectivity index (χ0) is 3.54. The van der Waals surface area contributed by atoms with Crippen molar-refractivity contribution >= 4 is 0 Å². The maximum absolute atomic E-state index is 3.38. The SMILES string of the molecule is [Ag+].c1nn[nH]n1. The van der Waals surface area contributed by atoms with Crippen LogP contribution in [0.4, 0.5) is 0 Å². The summed E-state index contributed by atoms with van der Waals surface area (Å²) in [5, 5.41) is 12.2. The minimum atomic E-state index is 0. The van der Waals surface area contributed by atoms with Gasteiger partial charge in [0.05, 0.1) is 0 Å². The van der Waals surface area contributed by atoms with Gasteiger partial charge in [-0.05, 0) is 0 Å².